The lowest BCUT2D eigenvalue weighted by atomic mass is 9.77. The second-order valence-corrected chi connectivity index (χ2v) is 7.67. The van der Waals surface area contributed by atoms with Crippen LogP contribution in [0.25, 0.3) is 0 Å². The minimum atomic E-state index is -1.29. The fourth-order valence-corrected chi connectivity index (χ4v) is 4.02. The van der Waals surface area contributed by atoms with Gasteiger partial charge in [0.1, 0.15) is 11.7 Å². The Bertz CT molecular complexity index is 881. The number of nitrogens with one attached hydrogen (secondary N) is 2. The van der Waals surface area contributed by atoms with Gasteiger partial charge >= 0.3 is 0 Å². The molecule has 1 aromatic carbocycles. The van der Waals surface area contributed by atoms with Crippen LogP contribution in [0, 0.1) is 0 Å². The van der Waals surface area contributed by atoms with Crippen LogP contribution in [0.1, 0.15) is 52.0 Å². The topological polar surface area (TPSA) is 122 Å². The SMILES string of the molecule is NCC1(F)CC(NCc2ccc3c(c2)C(=O)N(C2CCC(=O)NC2=O)C3=O)C1. The molecule has 1 saturated heterocycles. The zero-order valence-electron chi connectivity index (χ0n) is 15.2. The number of amides is 4. The van der Waals surface area contributed by atoms with Crippen molar-refractivity contribution in [2.45, 2.75) is 50.0 Å². The Morgan fingerprint density at radius 1 is 1.18 bits per heavy atom. The molecular weight excluding hydrogens is 367 g/mol. The highest BCUT2D eigenvalue weighted by Crippen LogP contribution is 2.35. The van der Waals surface area contributed by atoms with Crippen LogP contribution in [0.15, 0.2) is 18.2 Å². The van der Waals surface area contributed by atoms with Crippen molar-refractivity contribution >= 4 is 23.6 Å². The van der Waals surface area contributed by atoms with Crippen molar-refractivity contribution in [1.82, 2.24) is 15.5 Å². The van der Waals surface area contributed by atoms with E-state index in [2.05, 4.69) is 10.6 Å². The molecule has 1 aliphatic carbocycles. The first-order chi connectivity index (χ1) is 13.3. The van der Waals surface area contributed by atoms with Gasteiger partial charge in [-0.25, -0.2) is 4.39 Å². The third-order valence-corrected chi connectivity index (χ3v) is 5.69. The molecule has 0 bridgehead atoms. The Morgan fingerprint density at radius 2 is 1.89 bits per heavy atom. The molecule has 4 rings (SSSR count). The molecule has 4 N–H and O–H groups in total. The van der Waals surface area contributed by atoms with Gasteiger partial charge in [-0.2, -0.15) is 0 Å². The van der Waals surface area contributed by atoms with Crippen LogP contribution >= 0.6 is 0 Å². The lowest BCUT2D eigenvalue weighted by Crippen LogP contribution is -2.54. The summed E-state index contributed by atoms with van der Waals surface area (Å²) in [6.45, 7) is 0.440. The molecule has 9 heteroatoms. The number of benzene rings is 1. The minimum Gasteiger partial charge on any atom is -0.328 e. The third-order valence-electron chi connectivity index (χ3n) is 5.69. The zero-order valence-corrected chi connectivity index (χ0v) is 15.2. The highest BCUT2D eigenvalue weighted by atomic mass is 19.1. The van der Waals surface area contributed by atoms with Gasteiger partial charge in [-0.05, 0) is 37.0 Å². The van der Waals surface area contributed by atoms with Crippen molar-refractivity contribution in [3.05, 3.63) is 34.9 Å². The molecule has 2 fully saturated rings. The van der Waals surface area contributed by atoms with Gasteiger partial charge in [-0.15, -0.1) is 0 Å². The number of carbonyl (C=O) groups excluding carboxylic acids is 4. The summed E-state index contributed by atoms with van der Waals surface area (Å²) in [6.07, 6.45) is 0.919. The molecule has 28 heavy (non-hydrogen) atoms. The second kappa shape index (κ2) is 6.75. The van der Waals surface area contributed by atoms with Crippen molar-refractivity contribution < 1.29 is 23.6 Å². The molecule has 2 aliphatic heterocycles. The lowest BCUT2D eigenvalue weighted by molar-refractivity contribution is -0.136. The van der Waals surface area contributed by atoms with Gasteiger partial charge in [0.25, 0.3) is 11.8 Å². The maximum Gasteiger partial charge on any atom is 0.262 e. The predicted molar refractivity (Wildman–Crippen MR) is 95.9 cm³/mol. The molecule has 1 aromatic rings. The Morgan fingerprint density at radius 3 is 2.57 bits per heavy atom. The number of fused-ring (bicyclic) bond motifs is 1. The van der Waals surface area contributed by atoms with Gasteiger partial charge in [0.15, 0.2) is 0 Å². The summed E-state index contributed by atoms with van der Waals surface area (Å²) in [5.74, 6) is -2.11. The van der Waals surface area contributed by atoms with Crippen molar-refractivity contribution in [3.8, 4) is 0 Å². The van der Waals surface area contributed by atoms with Crippen LogP contribution in [0.4, 0.5) is 4.39 Å². The van der Waals surface area contributed by atoms with E-state index in [1.807, 2.05) is 0 Å². The molecule has 4 amide bonds. The average molecular weight is 388 g/mol. The van der Waals surface area contributed by atoms with Crippen LogP contribution in [-0.2, 0) is 16.1 Å². The fourth-order valence-electron chi connectivity index (χ4n) is 4.02. The molecule has 1 saturated carbocycles. The van der Waals surface area contributed by atoms with E-state index >= 15 is 0 Å². The van der Waals surface area contributed by atoms with E-state index in [0.29, 0.717) is 19.4 Å². The van der Waals surface area contributed by atoms with E-state index in [1.165, 1.54) is 0 Å². The number of hydrogen-bond donors (Lipinski definition) is 3. The van der Waals surface area contributed by atoms with Crippen LogP contribution in [0.5, 0.6) is 0 Å². The van der Waals surface area contributed by atoms with Gasteiger partial charge in [0.05, 0.1) is 11.1 Å². The standard InChI is InChI=1S/C19H21FN4O4/c20-19(9-21)6-11(7-19)22-8-10-1-2-12-13(5-10)18(28)24(17(12)27)14-3-4-15(25)23-16(14)26/h1-2,5,11,14,22H,3-4,6-9,21H2,(H,23,25,26). The highest BCUT2D eigenvalue weighted by Gasteiger charge is 2.45. The summed E-state index contributed by atoms with van der Waals surface area (Å²) < 4.78 is 13.9. The first kappa shape index (κ1) is 18.7. The number of hydrogen-bond acceptors (Lipinski definition) is 6. The molecule has 1 atom stereocenters. The van der Waals surface area contributed by atoms with Crippen molar-refractivity contribution in [2.75, 3.05) is 6.54 Å². The van der Waals surface area contributed by atoms with Crippen LogP contribution < -0.4 is 16.4 Å². The zero-order chi connectivity index (χ0) is 20.1. The summed E-state index contributed by atoms with van der Waals surface area (Å²) in [5.41, 5.74) is 5.37. The minimum absolute atomic E-state index is 0.0107. The Hall–Kier alpha value is -2.65. The predicted octanol–water partition coefficient (Wildman–Crippen LogP) is 0.00680. The number of nitrogens with zero attached hydrogens (tertiary/aromatic N) is 1. The Kier molecular flexibility index (Phi) is 4.51. The summed E-state index contributed by atoms with van der Waals surface area (Å²) in [4.78, 5) is 49.7. The number of rotatable bonds is 5. The smallest absolute Gasteiger partial charge is 0.262 e. The van der Waals surface area contributed by atoms with Gasteiger partial charge in [-0.3, -0.25) is 29.4 Å². The van der Waals surface area contributed by atoms with Gasteiger partial charge in [-0.1, -0.05) is 6.07 Å². The highest BCUT2D eigenvalue weighted by molar-refractivity contribution is 6.23. The number of imide groups is 2. The fraction of sp³-hybridized carbons (Fsp3) is 0.474. The van der Waals surface area contributed by atoms with Crippen LogP contribution in [0.2, 0.25) is 0 Å². The van der Waals surface area contributed by atoms with Gasteiger partial charge in [0.2, 0.25) is 11.8 Å². The number of nitrogens with two attached hydrogens (primary N) is 1. The number of carbonyl (C=O) groups is 4. The molecule has 0 spiro atoms. The molecule has 3 aliphatic rings. The maximum absolute atomic E-state index is 13.9. The summed E-state index contributed by atoms with van der Waals surface area (Å²) in [6, 6.07) is 3.97. The van der Waals surface area contributed by atoms with E-state index in [4.69, 9.17) is 5.73 Å². The summed E-state index contributed by atoms with van der Waals surface area (Å²) >= 11 is 0. The van der Waals surface area contributed by atoms with E-state index in [-0.39, 0.29) is 36.6 Å². The van der Waals surface area contributed by atoms with Crippen LogP contribution in [-0.4, -0.2) is 52.8 Å². The maximum atomic E-state index is 13.9. The third kappa shape index (κ3) is 3.10. The summed E-state index contributed by atoms with van der Waals surface area (Å²) in [5, 5.41) is 5.39. The van der Waals surface area contributed by atoms with Gasteiger partial charge in [0, 0.05) is 25.6 Å². The Balaban J connectivity index is 1.45. The number of piperidine rings is 1. The quantitative estimate of drug-likeness (QED) is 0.611. The average Bonchev–Trinajstić information content (AvgIpc) is 2.89. The van der Waals surface area contributed by atoms with E-state index < -0.39 is 35.3 Å². The van der Waals surface area contributed by atoms with Crippen molar-refractivity contribution in [2.24, 2.45) is 5.73 Å². The first-order valence-electron chi connectivity index (χ1n) is 9.28. The Labute approximate surface area is 160 Å². The summed E-state index contributed by atoms with van der Waals surface area (Å²) in [7, 11) is 0. The van der Waals surface area contributed by atoms with Crippen molar-refractivity contribution in [1.29, 1.82) is 0 Å². The first-order valence-corrected chi connectivity index (χ1v) is 9.28. The van der Waals surface area contributed by atoms with Gasteiger partial charge < -0.3 is 11.1 Å². The molecule has 1 unspecified atom stereocenters. The number of alkyl halides is 1. The monoisotopic (exact) mass is 388 g/mol. The second-order valence-electron chi connectivity index (χ2n) is 7.67. The largest absolute Gasteiger partial charge is 0.328 e. The van der Waals surface area contributed by atoms with Crippen molar-refractivity contribution in [3.63, 3.8) is 0 Å². The van der Waals surface area contributed by atoms with E-state index in [9.17, 15) is 23.6 Å². The van der Waals surface area contributed by atoms with E-state index in [0.717, 1.165) is 10.5 Å². The lowest BCUT2D eigenvalue weighted by Gasteiger charge is -2.41. The molecular formula is C19H21FN4O4. The molecule has 0 aromatic heterocycles. The normalized spacial score (nSPS) is 29.6. The molecule has 8 nitrogen and oxygen atoms in total. The molecule has 148 valence electrons. The van der Waals surface area contributed by atoms with E-state index in [1.54, 1.807) is 18.2 Å². The molecule has 2 heterocycles. The molecule has 0 radical (unpaired) electrons. The number of halogens is 1. The van der Waals surface area contributed by atoms with Crippen LogP contribution in [0.3, 0.4) is 0 Å².